The first-order valence-electron chi connectivity index (χ1n) is 9.71. The average molecular weight is 608 g/mol. The Balaban J connectivity index is 1.63. The van der Waals surface area contributed by atoms with Crippen LogP contribution in [0, 0.1) is 10.1 Å². The summed E-state index contributed by atoms with van der Waals surface area (Å²) in [5, 5.41) is 12.8. The second-order valence-corrected chi connectivity index (χ2v) is 9.28. The summed E-state index contributed by atoms with van der Waals surface area (Å²) < 4.78 is 7.31. The summed E-state index contributed by atoms with van der Waals surface area (Å²) in [4.78, 5) is 36.3. The molecule has 1 saturated heterocycles. The van der Waals surface area contributed by atoms with Crippen molar-refractivity contribution in [1.29, 1.82) is 0 Å². The highest BCUT2D eigenvalue weighted by atomic mass is 79.9. The minimum absolute atomic E-state index is 0.0277. The van der Waals surface area contributed by atoms with Crippen LogP contribution in [0.1, 0.15) is 11.1 Å². The monoisotopic (exact) mass is 605 g/mol. The van der Waals surface area contributed by atoms with Gasteiger partial charge in [0, 0.05) is 20.6 Å². The number of hydrazine groups is 1. The Hall–Kier alpha value is -3.21. The number of hydrogen-bond acceptors (Lipinski definition) is 5. The highest BCUT2D eigenvalue weighted by molar-refractivity contribution is 9.11. The van der Waals surface area contributed by atoms with Crippen molar-refractivity contribution in [3.63, 3.8) is 0 Å². The van der Waals surface area contributed by atoms with E-state index in [0.29, 0.717) is 5.69 Å². The quantitative estimate of drug-likeness (QED) is 0.165. The number of halogens is 3. The second-order valence-electron chi connectivity index (χ2n) is 7.11. The standard InChI is InChI=1S/C23H14Br2ClN3O5/c24-15-7-6-14(18(25)11-15)12-34-21-19(26)9-13(10-20(21)29(32)33)8-17-22(30)27-28(23(17)31)16-4-2-1-3-5-16/h1-11H,12H2,(H,27,30)/b17-8-. The molecule has 3 aromatic rings. The number of amides is 2. The maximum atomic E-state index is 12.8. The van der Waals surface area contributed by atoms with Gasteiger partial charge in [0.2, 0.25) is 5.75 Å². The summed E-state index contributed by atoms with van der Waals surface area (Å²) in [5.41, 5.74) is 3.36. The number of anilines is 1. The van der Waals surface area contributed by atoms with Crippen LogP contribution in [0.4, 0.5) is 11.4 Å². The molecular formula is C23H14Br2ClN3O5. The fraction of sp³-hybridized carbons (Fsp3) is 0.0435. The molecule has 0 radical (unpaired) electrons. The number of ether oxygens (including phenoxy) is 1. The Morgan fingerprint density at radius 1 is 1.09 bits per heavy atom. The first-order valence-corrected chi connectivity index (χ1v) is 11.7. The van der Waals surface area contributed by atoms with Crippen LogP contribution in [-0.2, 0) is 16.2 Å². The molecule has 1 aliphatic rings. The summed E-state index contributed by atoms with van der Waals surface area (Å²) >= 11 is 13.1. The number of nitro groups is 1. The van der Waals surface area contributed by atoms with E-state index in [1.807, 2.05) is 12.1 Å². The maximum absolute atomic E-state index is 12.8. The van der Waals surface area contributed by atoms with E-state index in [0.717, 1.165) is 19.5 Å². The molecule has 0 spiro atoms. The van der Waals surface area contributed by atoms with Crippen molar-refractivity contribution in [2.24, 2.45) is 0 Å². The van der Waals surface area contributed by atoms with Crippen LogP contribution in [0.2, 0.25) is 5.02 Å². The molecule has 11 heteroatoms. The van der Waals surface area contributed by atoms with Gasteiger partial charge in [-0.15, -0.1) is 0 Å². The minimum Gasteiger partial charge on any atom is -0.481 e. The van der Waals surface area contributed by atoms with Gasteiger partial charge in [0.15, 0.2) is 0 Å². The molecule has 0 saturated carbocycles. The minimum atomic E-state index is -0.632. The normalized spacial score (nSPS) is 14.4. The van der Waals surface area contributed by atoms with E-state index in [1.54, 1.807) is 36.4 Å². The molecule has 8 nitrogen and oxygen atoms in total. The van der Waals surface area contributed by atoms with E-state index in [4.69, 9.17) is 16.3 Å². The van der Waals surface area contributed by atoms with Gasteiger partial charge in [0.25, 0.3) is 11.8 Å². The number of nitrogens with one attached hydrogen (secondary N) is 1. The van der Waals surface area contributed by atoms with Crippen LogP contribution in [-0.4, -0.2) is 16.7 Å². The summed E-state index contributed by atoms with van der Waals surface area (Å²) in [6, 6.07) is 16.6. The van der Waals surface area contributed by atoms with E-state index >= 15 is 0 Å². The molecule has 0 aromatic heterocycles. The topological polar surface area (TPSA) is 102 Å². The molecule has 0 bridgehead atoms. The molecule has 1 N–H and O–H groups in total. The Kier molecular flexibility index (Phi) is 7.01. The van der Waals surface area contributed by atoms with Gasteiger partial charge in [-0.05, 0) is 42.0 Å². The molecule has 3 aromatic carbocycles. The largest absolute Gasteiger partial charge is 0.481 e. The van der Waals surface area contributed by atoms with Crippen molar-refractivity contribution < 1.29 is 19.2 Å². The van der Waals surface area contributed by atoms with Gasteiger partial charge in [-0.3, -0.25) is 25.1 Å². The van der Waals surface area contributed by atoms with Crippen molar-refractivity contribution in [2.45, 2.75) is 6.61 Å². The van der Waals surface area contributed by atoms with E-state index in [9.17, 15) is 19.7 Å². The Labute approximate surface area is 215 Å². The van der Waals surface area contributed by atoms with Gasteiger partial charge in [0.1, 0.15) is 12.2 Å². The fourth-order valence-corrected chi connectivity index (χ4v) is 4.67. The zero-order chi connectivity index (χ0) is 24.4. The Morgan fingerprint density at radius 2 is 1.82 bits per heavy atom. The molecule has 1 heterocycles. The molecule has 34 heavy (non-hydrogen) atoms. The lowest BCUT2D eigenvalue weighted by atomic mass is 10.1. The van der Waals surface area contributed by atoms with Gasteiger partial charge in [0.05, 0.1) is 15.6 Å². The van der Waals surface area contributed by atoms with Crippen LogP contribution >= 0.6 is 43.5 Å². The summed E-state index contributed by atoms with van der Waals surface area (Å²) in [6.45, 7) is 0.0296. The summed E-state index contributed by atoms with van der Waals surface area (Å²) in [5.74, 6) is -1.33. The lowest BCUT2D eigenvalue weighted by Gasteiger charge is -2.13. The molecule has 2 amide bonds. The van der Waals surface area contributed by atoms with Crippen LogP contribution in [0.15, 0.2) is 75.2 Å². The second kappa shape index (κ2) is 9.96. The maximum Gasteiger partial charge on any atom is 0.313 e. The Morgan fingerprint density at radius 3 is 2.50 bits per heavy atom. The third-order valence-corrected chi connectivity index (χ3v) is 6.36. The van der Waals surface area contributed by atoms with Gasteiger partial charge in [-0.2, -0.15) is 0 Å². The number of nitrogens with zero attached hydrogens (tertiary/aromatic N) is 2. The number of rotatable bonds is 6. The predicted octanol–water partition coefficient (Wildman–Crippen LogP) is 5.81. The van der Waals surface area contributed by atoms with Gasteiger partial charge in [-0.1, -0.05) is 67.7 Å². The molecule has 0 unspecified atom stereocenters. The van der Waals surface area contributed by atoms with Crippen molar-refractivity contribution in [3.05, 3.63) is 101 Å². The first kappa shape index (κ1) is 23.9. The van der Waals surface area contributed by atoms with Crippen LogP contribution in [0.3, 0.4) is 0 Å². The van der Waals surface area contributed by atoms with Gasteiger partial charge < -0.3 is 4.74 Å². The van der Waals surface area contributed by atoms with Crippen LogP contribution in [0.5, 0.6) is 5.75 Å². The van der Waals surface area contributed by atoms with Crippen molar-refractivity contribution in [2.75, 3.05) is 5.01 Å². The number of hydrogen-bond donors (Lipinski definition) is 1. The first-order chi connectivity index (χ1) is 16.2. The number of nitro benzene ring substituents is 1. The number of carbonyl (C=O) groups excluding carboxylic acids is 2. The van der Waals surface area contributed by atoms with E-state index < -0.39 is 22.4 Å². The SMILES string of the molecule is O=C1NN(c2ccccc2)C(=O)/C1=C\c1cc(Cl)c(OCc2ccc(Br)cc2Br)c([N+](=O)[O-])c1. The number of carbonyl (C=O) groups is 2. The van der Waals surface area contributed by atoms with Gasteiger partial charge >= 0.3 is 5.69 Å². The van der Waals surface area contributed by atoms with E-state index in [-0.39, 0.29) is 28.5 Å². The van der Waals surface area contributed by atoms with E-state index in [1.165, 1.54) is 18.2 Å². The molecule has 0 aliphatic carbocycles. The zero-order valence-electron chi connectivity index (χ0n) is 17.1. The van der Waals surface area contributed by atoms with Crippen LogP contribution in [0.25, 0.3) is 6.08 Å². The highest BCUT2D eigenvalue weighted by Crippen LogP contribution is 2.38. The molecule has 172 valence electrons. The number of benzene rings is 3. The van der Waals surface area contributed by atoms with Gasteiger partial charge in [-0.25, -0.2) is 5.01 Å². The number of para-hydroxylation sites is 1. The summed E-state index contributed by atoms with van der Waals surface area (Å²) in [6.07, 6.45) is 1.26. The average Bonchev–Trinajstić information content (AvgIpc) is 3.08. The molecule has 0 atom stereocenters. The smallest absolute Gasteiger partial charge is 0.313 e. The van der Waals surface area contributed by atoms with Crippen molar-refractivity contribution >= 4 is 72.7 Å². The Bertz CT molecular complexity index is 1350. The van der Waals surface area contributed by atoms with Crippen molar-refractivity contribution in [1.82, 2.24) is 5.43 Å². The van der Waals surface area contributed by atoms with E-state index in [2.05, 4.69) is 37.3 Å². The molecular weight excluding hydrogens is 594 g/mol. The predicted molar refractivity (Wildman–Crippen MR) is 134 cm³/mol. The molecule has 4 rings (SSSR count). The zero-order valence-corrected chi connectivity index (χ0v) is 21.1. The lowest BCUT2D eigenvalue weighted by molar-refractivity contribution is -0.385. The third kappa shape index (κ3) is 4.98. The lowest BCUT2D eigenvalue weighted by Crippen LogP contribution is -2.35. The highest BCUT2D eigenvalue weighted by Gasteiger charge is 2.34. The molecule has 1 aliphatic heterocycles. The fourth-order valence-electron chi connectivity index (χ4n) is 3.23. The molecule has 1 fully saturated rings. The van der Waals surface area contributed by atoms with Crippen LogP contribution < -0.4 is 15.2 Å². The third-order valence-electron chi connectivity index (χ3n) is 4.85. The van der Waals surface area contributed by atoms with Crippen molar-refractivity contribution in [3.8, 4) is 5.75 Å². The summed E-state index contributed by atoms with van der Waals surface area (Å²) in [7, 11) is 0.